The van der Waals surface area contributed by atoms with Crippen molar-refractivity contribution in [1.82, 2.24) is 14.5 Å². The van der Waals surface area contributed by atoms with E-state index in [-0.39, 0.29) is 0 Å². The molecule has 0 radical (unpaired) electrons. The van der Waals surface area contributed by atoms with Gasteiger partial charge in [-0.05, 0) is 36.4 Å². The van der Waals surface area contributed by atoms with E-state index in [1.807, 2.05) is 42.5 Å². The van der Waals surface area contributed by atoms with E-state index in [4.69, 9.17) is 9.97 Å². The number of benzene rings is 3. The summed E-state index contributed by atoms with van der Waals surface area (Å²) in [7, 11) is 0. The zero-order chi connectivity index (χ0) is 20.6. The SMILES string of the molecule is c1ccc(-c2cccc(-c3cccc(-n4c5ccccc5c5ccccc54)n3)n2)cc1. The molecule has 3 heteroatoms. The van der Waals surface area contributed by atoms with Crippen LogP contribution in [0.25, 0.3) is 50.3 Å². The van der Waals surface area contributed by atoms with Crippen LogP contribution in [0, 0.1) is 0 Å². The Hall–Kier alpha value is -4.24. The number of aromatic nitrogens is 3. The van der Waals surface area contributed by atoms with Crippen molar-refractivity contribution in [3.05, 3.63) is 115 Å². The number of para-hydroxylation sites is 2. The maximum Gasteiger partial charge on any atom is 0.138 e. The monoisotopic (exact) mass is 397 g/mol. The second-order valence-corrected chi connectivity index (χ2v) is 7.52. The molecule has 0 aliphatic carbocycles. The highest BCUT2D eigenvalue weighted by molar-refractivity contribution is 6.09. The van der Waals surface area contributed by atoms with Gasteiger partial charge in [0.1, 0.15) is 5.82 Å². The van der Waals surface area contributed by atoms with E-state index < -0.39 is 0 Å². The quantitative estimate of drug-likeness (QED) is 0.325. The molecular formula is C28H19N3. The van der Waals surface area contributed by atoms with E-state index in [2.05, 4.69) is 77.4 Å². The van der Waals surface area contributed by atoms with Crippen molar-refractivity contribution in [3.63, 3.8) is 0 Å². The molecule has 6 aromatic rings. The standard InChI is InChI=1S/C28H19N3/c1-2-10-20(11-3-1)23-14-8-15-24(29-23)25-16-9-19-28(30-25)31-26-17-6-4-12-21(26)22-13-5-7-18-27(22)31/h1-19H. The van der Waals surface area contributed by atoms with Crippen molar-refractivity contribution in [2.45, 2.75) is 0 Å². The lowest BCUT2D eigenvalue weighted by molar-refractivity contribution is 1.08. The second kappa shape index (κ2) is 7.22. The molecule has 3 aromatic heterocycles. The Morgan fingerprint density at radius 1 is 0.419 bits per heavy atom. The molecule has 0 saturated carbocycles. The molecule has 0 N–H and O–H groups in total. The molecule has 3 aromatic carbocycles. The summed E-state index contributed by atoms with van der Waals surface area (Å²) >= 11 is 0. The van der Waals surface area contributed by atoms with Gasteiger partial charge in [0.05, 0.1) is 28.1 Å². The minimum absolute atomic E-state index is 0.858. The Balaban J connectivity index is 1.53. The Bertz CT molecular complexity index is 1480. The summed E-state index contributed by atoms with van der Waals surface area (Å²) in [5.74, 6) is 0.891. The maximum absolute atomic E-state index is 5.02. The van der Waals surface area contributed by atoms with Gasteiger partial charge in [-0.3, -0.25) is 4.57 Å². The minimum atomic E-state index is 0.858. The van der Waals surface area contributed by atoms with Gasteiger partial charge in [-0.25, -0.2) is 9.97 Å². The Morgan fingerprint density at radius 3 is 1.68 bits per heavy atom. The topological polar surface area (TPSA) is 30.7 Å². The summed E-state index contributed by atoms with van der Waals surface area (Å²) < 4.78 is 2.23. The molecule has 0 amide bonds. The van der Waals surface area contributed by atoms with Crippen LogP contribution in [0.5, 0.6) is 0 Å². The van der Waals surface area contributed by atoms with Gasteiger partial charge in [-0.15, -0.1) is 0 Å². The number of pyridine rings is 2. The van der Waals surface area contributed by atoms with Gasteiger partial charge in [-0.1, -0.05) is 78.9 Å². The summed E-state index contributed by atoms with van der Waals surface area (Å²) in [5.41, 5.74) is 6.07. The molecule has 0 atom stereocenters. The molecule has 3 nitrogen and oxygen atoms in total. The molecule has 0 aliphatic heterocycles. The highest BCUT2D eigenvalue weighted by atomic mass is 15.1. The first-order valence-electron chi connectivity index (χ1n) is 10.4. The van der Waals surface area contributed by atoms with Crippen molar-refractivity contribution >= 4 is 21.8 Å². The highest BCUT2D eigenvalue weighted by Gasteiger charge is 2.13. The van der Waals surface area contributed by atoms with Gasteiger partial charge in [0, 0.05) is 16.3 Å². The van der Waals surface area contributed by atoms with Crippen molar-refractivity contribution < 1.29 is 0 Å². The van der Waals surface area contributed by atoms with Crippen LogP contribution in [0.15, 0.2) is 115 Å². The molecule has 31 heavy (non-hydrogen) atoms. The van der Waals surface area contributed by atoms with Gasteiger partial charge < -0.3 is 0 Å². The molecule has 0 unspecified atom stereocenters. The first-order chi connectivity index (χ1) is 15.4. The van der Waals surface area contributed by atoms with E-state index in [0.29, 0.717) is 0 Å². The molecule has 0 saturated heterocycles. The average Bonchev–Trinajstić information content (AvgIpc) is 3.19. The largest absolute Gasteiger partial charge is 0.294 e. The van der Waals surface area contributed by atoms with Crippen molar-refractivity contribution in [2.24, 2.45) is 0 Å². The fourth-order valence-electron chi connectivity index (χ4n) is 4.21. The molecule has 6 rings (SSSR count). The van der Waals surface area contributed by atoms with Crippen LogP contribution < -0.4 is 0 Å². The van der Waals surface area contributed by atoms with E-state index in [0.717, 1.165) is 39.5 Å². The number of fused-ring (bicyclic) bond motifs is 3. The average molecular weight is 397 g/mol. The molecule has 146 valence electrons. The third-order valence-corrected chi connectivity index (χ3v) is 5.62. The fourth-order valence-corrected chi connectivity index (χ4v) is 4.21. The lowest BCUT2D eigenvalue weighted by Crippen LogP contribution is -1.99. The number of hydrogen-bond acceptors (Lipinski definition) is 2. The predicted molar refractivity (Wildman–Crippen MR) is 127 cm³/mol. The Kier molecular flexibility index (Phi) is 4.10. The van der Waals surface area contributed by atoms with Crippen molar-refractivity contribution in [1.29, 1.82) is 0 Å². The van der Waals surface area contributed by atoms with Crippen LogP contribution in [0.4, 0.5) is 0 Å². The zero-order valence-corrected chi connectivity index (χ0v) is 16.8. The number of rotatable bonds is 3. The summed E-state index contributed by atoms with van der Waals surface area (Å²) in [6, 6.07) is 39.4. The lowest BCUT2D eigenvalue weighted by Gasteiger charge is -2.09. The summed E-state index contributed by atoms with van der Waals surface area (Å²) in [6.45, 7) is 0. The van der Waals surface area contributed by atoms with Crippen molar-refractivity contribution in [2.75, 3.05) is 0 Å². The van der Waals surface area contributed by atoms with Crippen LogP contribution in [0.1, 0.15) is 0 Å². The first-order valence-corrected chi connectivity index (χ1v) is 10.4. The van der Waals surface area contributed by atoms with Crippen LogP contribution in [-0.4, -0.2) is 14.5 Å². The van der Waals surface area contributed by atoms with Crippen LogP contribution in [0.2, 0.25) is 0 Å². The van der Waals surface area contributed by atoms with Crippen LogP contribution in [0.3, 0.4) is 0 Å². The molecule has 0 fully saturated rings. The van der Waals surface area contributed by atoms with Crippen molar-refractivity contribution in [3.8, 4) is 28.5 Å². The van der Waals surface area contributed by atoms with E-state index in [1.54, 1.807) is 0 Å². The van der Waals surface area contributed by atoms with E-state index in [9.17, 15) is 0 Å². The zero-order valence-electron chi connectivity index (χ0n) is 16.8. The smallest absolute Gasteiger partial charge is 0.138 e. The van der Waals surface area contributed by atoms with E-state index >= 15 is 0 Å². The Labute approximate surface area is 180 Å². The van der Waals surface area contributed by atoms with Gasteiger partial charge in [0.2, 0.25) is 0 Å². The summed E-state index contributed by atoms with van der Waals surface area (Å²) in [6.07, 6.45) is 0. The van der Waals surface area contributed by atoms with Gasteiger partial charge in [-0.2, -0.15) is 0 Å². The van der Waals surface area contributed by atoms with E-state index in [1.165, 1.54) is 10.8 Å². The molecular weight excluding hydrogens is 378 g/mol. The number of nitrogens with zero attached hydrogens (tertiary/aromatic N) is 3. The highest BCUT2D eigenvalue weighted by Crippen LogP contribution is 2.31. The maximum atomic E-state index is 5.02. The van der Waals surface area contributed by atoms with Crippen LogP contribution in [-0.2, 0) is 0 Å². The second-order valence-electron chi connectivity index (χ2n) is 7.52. The summed E-state index contributed by atoms with van der Waals surface area (Å²) in [5, 5.41) is 2.46. The molecule has 0 aliphatic rings. The van der Waals surface area contributed by atoms with Crippen LogP contribution >= 0.6 is 0 Å². The molecule has 0 spiro atoms. The fraction of sp³-hybridized carbons (Fsp3) is 0. The molecule has 0 bridgehead atoms. The summed E-state index contributed by atoms with van der Waals surface area (Å²) in [4.78, 5) is 9.91. The predicted octanol–water partition coefficient (Wildman–Crippen LogP) is 6.91. The Morgan fingerprint density at radius 2 is 0.968 bits per heavy atom. The third kappa shape index (κ3) is 2.99. The van der Waals surface area contributed by atoms with Gasteiger partial charge >= 0.3 is 0 Å². The third-order valence-electron chi connectivity index (χ3n) is 5.62. The minimum Gasteiger partial charge on any atom is -0.294 e. The van der Waals surface area contributed by atoms with Gasteiger partial charge in [0.25, 0.3) is 0 Å². The number of hydrogen-bond donors (Lipinski definition) is 0. The first kappa shape index (κ1) is 17.6. The van der Waals surface area contributed by atoms with Gasteiger partial charge in [0.15, 0.2) is 0 Å². The lowest BCUT2D eigenvalue weighted by atomic mass is 10.1. The normalized spacial score (nSPS) is 11.2. The molecule has 3 heterocycles.